The molecule has 1 atom stereocenters. The predicted molar refractivity (Wildman–Crippen MR) is 138 cm³/mol. The molecule has 0 aliphatic carbocycles. The lowest BCUT2D eigenvalue weighted by Crippen LogP contribution is -2.50. The maximum atomic E-state index is 13.4. The summed E-state index contributed by atoms with van der Waals surface area (Å²) in [5.74, 6) is 0.623. The molecule has 3 aromatic heterocycles. The third-order valence-corrected chi connectivity index (χ3v) is 6.66. The molecular weight excluding hydrogens is 522 g/mol. The van der Waals surface area contributed by atoms with Gasteiger partial charge in [0.2, 0.25) is 5.89 Å². The van der Waals surface area contributed by atoms with Crippen LogP contribution < -0.4 is 4.74 Å². The van der Waals surface area contributed by atoms with Crippen molar-refractivity contribution in [2.75, 3.05) is 26.2 Å². The van der Waals surface area contributed by atoms with Gasteiger partial charge in [0.15, 0.2) is 11.4 Å². The Morgan fingerprint density at radius 3 is 2.55 bits per heavy atom. The number of pyridine rings is 1. The van der Waals surface area contributed by atoms with Crippen molar-refractivity contribution in [3.63, 3.8) is 0 Å². The minimum absolute atomic E-state index is 0.0170. The zero-order valence-electron chi connectivity index (χ0n) is 21.4. The van der Waals surface area contributed by atoms with Crippen LogP contribution in [0.25, 0.3) is 22.6 Å². The number of ether oxygens (including phenoxy) is 1. The highest BCUT2D eigenvalue weighted by atomic mass is 19.3. The molecule has 1 saturated heterocycles. The molecule has 1 aliphatic rings. The molecule has 11 nitrogen and oxygen atoms in total. The van der Waals surface area contributed by atoms with Gasteiger partial charge in [0.25, 0.3) is 5.91 Å². The lowest BCUT2D eigenvalue weighted by Gasteiger charge is -2.38. The summed E-state index contributed by atoms with van der Waals surface area (Å²) < 4.78 is 35.3. The van der Waals surface area contributed by atoms with Crippen LogP contribution in [0.4, 0.5) is 8.78 Å². The zero-order valence-corrected chi connectivity index (χ0v) is 21.4. The van der Waals surface area contributed by atoms with Crippen LogP contribution in [0, 0.1) is 0 Å². The Balaban J connectivity index is 1.17. The first-order valence-corrected chi connectivity index (χ1v) is 12.6. The van der Waals surface area contributed by atoms with Crippen LogP contribution in [-0.2, 0) is 7.05 Å². The summed E-state index contributed by atoms with van der Waals surface area (Å²) in [5, 5.41) is 12.7. The van der Waals surface area contributed by atoms with Gasteiger partial charge in [-0.1, -0.05) is 30.3 Å². The molecule has 2 aromatic carbocycles. The van der Waals surface area contributed by atoms with E-state index in [-0.39, 0.29) is 29.3 Å². The number of alkyl halides is 2. The molecule has 0 saturated carbocycles. The van der Waals surface area contributed by atoms with E-state index in [4.69, 9.17) is 4.42 Å². The van der Waals surface area contributed by atoms with Gasteiger partial charge in [-0.3, -0.25) is 14.7 Å². The van der Waals surface area contributed by atoms with Crippen LogP contribution in [0.1, 0.15) is 27.9 Å². The molecule has 0 N–H and O–H groups in total. The first kappa shape index (κ1) is 25.5. The third kappa shape index (κ3) is 5.23. The number of carbonyl (C=O) groups is 1. The van der Waals surface area contributed by atoms with Crippen LogP contribution >= 0.6 is 0 Å². The quantitative estimate of drug-likeness (QED) is 0.302. The zero-order chi connectivity index (χ0) is 27.6. The Labute approximate surface area is 227 Å². The predicted octanol–water partition coefficient (Wildman–Crippen LogP) is 3.56. The second kappa shape index (κ2) is 10.8. The van der Waals surface area contributed by atoms with Gasteiger partial charge in [0.1, 0.15) is 17.0 Å². The van der Waals surface area contributed by atoms with Gasteiger partial charge in [-0.2, -0.15) is 13.6 Å². The molecule has 1 fully saturated rings. The van der Waals surface area contributed by atoms with Crippen molar-refractivity contribution in [1.29, 1.82) is 0 Å². The van der Waals surface area contributed by atoms with E-state index in [0.29, 0.717) is 48.7 Å². The Hall–Kier alpha value is -4.78. The van der Waals surface area contributed by atoms with Gasteiger partial charge in [-0.15, -0.1) is 10.2 Å². The van der Waals surface area contributed by atoms with Crippen LogP contribution in [0.2, 0.25) is 0 Å². The fraction of sp³-hybridized carbons (Fsp3) is 0.259. The van der Waals surface area contributed by atoms with Crippen molar-refractivity contribution >= 4 is 17.0 Å². The molecule has 13 heteroatoms. The maximum Gasteiger partial charge on any atom is 0.387 e. The van der Waals surface area contributed by atoms with E-state index in [1.54, 1.807) is 24.1 Å². The number of piperazine rings is 1. The number of tetrazole rings is 1. The Morgan fingerprint density at radius 2 is 1.82 bits per heavy atom. The molecule has 6 rings (SSSR count). The number of amides is 1. The van der Waals surface area contributed by atoms with Crippen molar-refractivity contribution < 1.29 is 22.7 Å². The van der Waals surface area contributed by atoms with E-state index < -0.39 is 6.61 Å². The van der Waals surface area contributed by atoms with Gasteiger partial charge in [0, 0.05) is 44.0 Å². The SMILES string of the molecule is Cn1nnc([C@H](c2ccccc2)N2CCN(C(=O)c3cc(-c4nc5cc(OC(F)F)ccc5o4)ccn3)CC2)n1. The van der Waals surface area contributed by atoms with Crippen molar-refractivity contribution in [3.05, 3.63) is 83.9 Å². The van der Waals surface area contributed by atoms with E-state index in [9.17, 15) is 13.6 Å². The number of benzene rings is 2. The second-order valence-corrected chi connectivity index (χ2v) is 9.24. The molecule has 204 valence electrons. The molecule has 0 radical (unpaired) electrons. The van der Waals surface area contributed by atoms with Crippen molar-refractivity contribution in [2.45, 2.75) is 12.7 Å². The highest BCUT2D eigenvalue weighted by molar-refractivity contribution is 5.93. The minimum atomic E-state index is -2.94. The lowest BCUT2D eigenvalue weighted by molar-refractivity contribution is -0.0497. The summed E-state index contributed by atoms with van der Waals surface area (Å²) in [4.78, 5) is 27.5. The molecule has 40 heavy (non-hydrogen) atoms. The van der Waals surface area contributed by atoms with E-state index in [1.165, 1.54) is 29.2 Å². The average Bonchev–Trinajstić information content (AvgIpc) is 3.59. The third-order valence-electron chi connectivity index (χ3n) is 6.66. The molecular formula is C27H24F2N8O3. The molecule has 4 heterocycles. The largest absolute Gasteiger partial charge is 0.436 e. The highest BCUT2D eigenvalue weighted by Crippen LogP contribution is 2.29. The van der Waals surface area contributed by atoms with E-state index >= 15 is 0 Å². The van der Waals surface area contributed by atoms with Crippen LogP contribution in [0.3, 0.4) is 0 Å². The number of hydrogen-bond donors (Lipinski definition) is 0. The molecule has 0 spiro atoms. The van der Waals surface area contributed by atoms with Gasteiger partial charge in [-0.05, 0) is 35.0 Å². The molecule has 5 aromatic rings. The Bertz CT molecular complexity index is 1630. The smallest absolute Gasteiger partial charge is 0.387 e. The normalized spacial score (nSPS) is 15.1. The number of halogens is 2. The topological polar surface area (TPSA) is 115 Å². The van der Waals surface area contributed by atoms with E-state index in [1.807, 2.05) is 30.3 Å². The van der Waals surface area contributed by atoms with Gasteiger partial charge in [0.05, 0.1) is 13.1 Å². The number of carbonyl (C=O) groups excluding carboxylic acids is 1. The van der Waals surface area contributed by atoms with Crippen molar-refractivity contribution in [1.82, 2.24) is 40.0 Å². The van der Waals surface area contributed by atoms with Crippen LogP contribution in [-0.4, -0.2) is 78.7 Å². The van der Waals surface area contributed by atoms with Crippen LogP contribution in [0.15, 0.2) is 71.3 Å². The standard InChI is InChI=1S/C27H24F2N8O3/c1-35-33-24(32-34-35)23(17-5-3-2-4-6-17)36-11-13-37(14-12-36)26(38)21-15-18(9-10-30-21)25-31-20-16-19(39-27(28)29)7-8-22(20)40-25/h2-10,15-16,23,27H,11-14H2,1H3/t23-/m0/s1. The van der Waals surface area contributed by atoms with Gasteiger partial charge in [-0.25, -0.2) is 4.98 Å². The minimum Gasteiger partial charge on any atom is -0.436 e. The molecule has 0 bridgehead atoms. The number of hydrogen-bond acceptors (Lipinski definition) is 9. The Kier molecular flexibility index (Phi) is 6.86. The number of oxazole rings is 1. The van der Waals surface area contributed by atoms with E-state index in [2.05, 4.69) is 35.0 Å². The first-order chi connectivity index (χ1) is 19.4. The summed E-state index contributed by atoms with van der Waals surface area (Å²) in [6, 6.07) is 17.4. The molecule has 1 amide bonds. The van der Waals surface area contributed by atoms with Crippen LogP contribution in [0.5, 0.6) is 5.75 Å². The Morgan fingerprint density at radius 1 is 1.02 bits per heavy atom. The fourth-order valence-corrected chi connectivity index (χ4v) is 4.80. The summed E-state index contributed by atoms with van der Waals surface area (Å²) in [6.07, 6.45) is 1.52. The summed E-state index contributed by atoms with van der Waals surface area (Å²) in [5.41, 5.74) is 2.62. The maximum absolute atomic E-state index is 13.4. The summed E-state index contributed by atoms with van der Waals surface area (Å²) >= 11 is 0. The number of fused-ring (bicyclic) bond motifs is 1. The number of aromatic nitrogens is 6. The van der Waals surface area contributed by atoms with Crippen molar-refractivity contribution in [2.24, 2.45) is 7.05 Å². The molecule has 0 unspecified atom stereocenters. The monoisotopic (exact) mass is 546 g/mol. The number of aryl methyl sites for hydroxylation is 1. The second-order valence-electron chi connectivity index (χ2n) is 9.24. The van der Waals surface area contributed by atoms with Gasteiger partial charge >= 0.3 is 6.61 Å². The lowest BCUT2D eigenvalue weighted by atomic mass is 10.0. The fourth-order valence-electron chi connectivity index (χ4n) is 4.80. The summed E-state index contributed by atoms with van der Waals surface area (Å²) in [7, 11) is 1.73. The summed E-state index contributed by atoms with van der Waals surface area (Å²) in [6.45, 7) is -0.740. The van der Waals surface area contributed by atoms with Gasteiger partial charge < -0.3 is 14.1 Å². The molecule has 1 aliphatic heterocycles. The number of rotatable bonds is 7. The van der Waals surface area contributed by atoms with E-state index in [0.717, 1.165) is 5.56 Å². The first-order valence-electron chi connectivity index (χ1n) is 12.6. The van der Waals surface area contributed by atoms with Crippen molar-refractivity contribution in [3.8, 4) is 17.2 Å². The number of nitrogens with zero attached hydrogens (tertiary/aromatic N) is 8. The highest BCUT2D eigenvalue weighted by Gasteiger charge is 2.31. The average molecular weight is 547 g/mol.